The van der Waals surface area contributed by atoms with E-state index in [4.69, 9.17) is 9.47 Å². The van der Waals surface area contributed by atoms with Crippen molar-refractivity contribution in [2.45, 2.75) is 5.41 Å². The van der Waals surface area contributed by atoms with Crippen LogP contribution in [0.4, 0.5) is 34.1 Å². The second kappa shape index (κ2) is 21.3. The van der Waals surface area contributed by atoms with Crippen molar-refractivity contribution in [3.8, 4) is 78.9 Å². The molecule has 484 valence electrons. The summed E-state index contributed by atoms with van der Waals surface area (Å²) in [4.78, 5) is 4.76. The van der Waals surface area contributed by atoms with Crippen molar-refractivity contribution in [1.29, 1.82) is 0 Å². The number of anilines is 6. The summed E-state index contributed by atoms with van der Waals surface area (Å²) in [5.74, 6) is 3.40. The molecule has 8 heteroatoms. The molecule has 0 N–H and O–H groups in total. The van der Waals surface area contributed by atoms with E-state index in [1.54, 1.807) is 0 Å². The minimum atomic E-state index is -0.769. The standard InChI is InChI=1S/C97H58B2N4O2/c1-7-25-59(26-8-1)61-45-47-85-75(49-61)71-39-23-43-81-95(71)102(85)87-51-67(100(63-29-11-3-12-30-63)64-31-13-4-14-32-64)53-91-93(87)98(81)83-55-73-69-37-19-21-41-77(69)97(79(73)57-89(83)104-91)78-42-22-20-38-70(78)74-56-84-90(58-80(74)97)105-92-54-68(101(65-33-15-5-16-34-65)66-35-17-6-18-36-66)52-88-94(92)99(84)82-44-24-40-72-76-50-62(60-27-9-2-10-28-60)46-48-86(76)103(88)96(72)82/h1-58H. The summed E-state index contributed by atoms with van der Waals surface area (Å²) in [5.41, 5.74) is 34.2. The summed E-state index contributed by atoms with van der Waals surface area (Å²) in [6, 6.07) is 131. The second-order valence-electron chi connectivity index (χ2n) is 28.9. The summed E-state index contributed by atoms with van der Waals surface area (Å²) in [7, 11) is 0. The molecule has 6 aliphatic rings. The molecule has 24 rings (SSSR count). The molecule has 0 unspecified atom stereocenters. The summed E-state index contributed by atoms with van der Waals surface area (Å²) in [6.45, 7) is -0.332. The molecule has 6 heterocycles. The highest BCUT2D eigenvalue weighted by atomic mass is 16.5. The first-order chi connectivity index (χ1) is 52.1. The minimum absolute atomic E-state index is 0.166. The van der Waals surface area contributed by atoms with Gasteiger partial charge in [-0.05, 0) is 197 Å². The third-order valence-electron chi connectivity index (χ3n) is 23.7. The molecule has 4 aliphatic heterocycles. The van der Waals surface area contributed by atoms with E-state index in [0.717, 1.165) is 101 Å². The third kappa shape index (κ3) is 7.74. The number of benzene rings is 16. The average molecular weight is 1330 g/mol. The Hall–Kier alpha value is -13.6. The molecular weight excluding hydrogens is 1270 g/mol. The lowest BCUT2D eigenvalue weighted by Crippen LogP contribution is -2.58. The van der Waals surface area contributed by atoms with Gasteiger partial charge in [-0.2, -0.15) is 0 Å². The van der Waals surface area contributed by atoms with Gasteiger partial charge in [-0.3, -0.25) is 0 Å². The van der Waals surface area contributed by atoms with Crippen molar-refractivity contribution in [2.24, 2.45) is 0 Å². The fourth-order valence-corrected chi connectivity index (χ4v) is 19.6. The molecule has 0 bridgehead atoms. The largest absolute Gasteiger partial charge is 0.458 e. The molecular formula is C97H58B2N4O2. The molecule has 0 saturated carbocycles. The Bertz CT molecular complexity index is 6310. The SMILES string of the molecule is c1ccc(-c2ccc3c(c2)c2cccc4c2n3-c2cc(N(c3ccccc3)c3ccccc3)cc3c2B4c2cc4c(cc2O3)C2(c3ccccc3-4)c3ccccc3-c3cc4c(cc32)Oc2cc(N(c3ccccc3)c3ccccc3)cc3c2B4c2cccc4c5cc(-c6ccccc6)ccc5n-3c24)cc1. The third-order valence-corrected chi connectivity index (χ3v) is 23.7. The van der Waals surface area contributed by atoms with E-state index < -0.39 is 5.41 Å². The topological polar surface area (TPSA) is 34.8 Å². The number of fused-ring (bicyclic) bond motifs is 24. The van der Waals surface area contributed by atoms with E-state index >= 15 is 0 Å². The van der Waals surface area contributed by atoms with Crippen molar-refractivity contribution < 1.29 is 9.47 Å². The lowest BCUT2D eigenvalue weighted by molar-refractivity contribution is 0.485. The smallest absolute Gasteiger partial charge is 0.256 e. The van der Waals surface area contributed by atoms with Crippen molar-refractivity contribution >= 4 is 124 Å². The van der Waals surface area contributed by atoms with Crippen LogP contribution in [0.5, 0.6) is 23.0 Å². The van der Waals surface area contributed by atoms with Crippen LogP contribution in [0.2, 0.25) is 0 Å². The van der Waals surface area contributed by atoms with Crippen LogP contribution in [-0.4, -0.2) is 22.6 Å². The molecule has 0 amide bonds. The molecule has 0 atom stereocenters. The number of para-hydroxylation sites is 6. The monoisotopic (exact) mass is 1330 g/mol. The highest BCUT2D eigenvalue weighted by Gasteiger charge is 2.55. The van der Waals surface area contributed by atoms with Crippen LogP contribution in [0.1, 0.15) is 22.3 Å². The van der Waals surface area contributed by atoms with Gasteiger partial charge in [0.25, 0.3) is 13.4 Å². The second-order valence-corrected chi connectivity index (χ2v) is 28.9. The van der Waals surface area contributed by atoms with Crippen LogP contribution in [0, 0.1) is 0 Å². The van der Waals surface area contributed by atoms with Crippen molar-refractivity contribution in [1.82, 2.24) is 9.13 Å². The number of ether oxygens (including phenoxy) is 2. The van der Waals surface area contributed by atoms with E-state index in [2.05, 4.69) is 371 Å². The molecule has 18 aromatic rings. The molecule has 16 aromatic carbocycles. The quantitative estimate of drug-likeness (QED) is 0.142. The Morgan fingerprint density at radius 2 is 0.619 bits per heavy atom. The maximum Gasteiger partial charge on any atom is 0.256 e. The molecule has 0 fully saturated rings. The first-order valence-electron chi connectivity index (χ1n) is 36.4. The average Bonchev–Trinajstić information content (AvgIpc) is 1.51. The summed E-state index contributed by atoms with van der Waals surface area (Å²) < 4.78 is 20.8. The Morgan fingerprint density at radius 1 is 0.248 bits per heavy atom. The van der Waals surface area contributed by atoms with Gasteiger partial charge in [-0.25, -0.2) is 0 Å². The molecule has 2 aliphatic carbocycles. The minimum Gasteiger partial charge on any atom is -0.458 e. The Morgan fingerprint density at radius 3 is 1.02 bits per heavy atom. The van der Waals surface area contributed by atoms with Gasteiger partial charge >= 0.3 is 0 Å². The van der Waals surface area contributed by atoms with Crippen LogP contribution in [0.3, 0.4) is 0 Å². The lowest BCUT2D eigenvalue weighted by atomic mass is 9.34. The first kappa shape index (κ1) is 57.1. The summed E-state index contributed by atoms with van der Waals surface area (Å²) in [5, 5.41) is 4.90. The van der Waals surface area contributed by atoms with Gasteiger partial charge in [0.05, 0.1) is 27.8 Å². The highest BCUT2D eigenvalue weighted by molar-refractivity contribution is 7.00. The van der Waals surface area contributed by atoms with Crippen molar-refractivity contribution in [2.75, 3.05) is 9.80 Å². The molecule has 0 radical (unpaired) electrons. The first-order valence-corrected chi connectivity index (χ1v) is 36.4. The van der Waals surface area contributed by atoms with E-state index in [-0.39, 0.29) is 13.4 Å². The van der Waals surface area contributed by atoms with Gasteiger partial charge in [0.2, 0.25) is 0 Å². The Kier molecular flexibility index (Phi) is 11.6. The molecule has 1 spiro atoms. The number of nitrogens with zero attached hydrogens (tertiary/aromatic N) is 4. The summed E-state index contributed by atoms with van der Waals surface area (Å²) >= 11 is 0. The lowest BCUT2D eigenvalue weighted by Gasteiger charge is -2.37. The maximum absolute atomic E-state index is 7.87. The van der Waals surface area contributed by atoms with Gasteiger partial charge < -0.3 is 28.4 Å². The molecule has 0 saturated heterocycles. The van der Waals surface area contributed by atoms with E-state index in [1.807, 2.05) is 0 Å². The van der Waals surface area contributed by atoms with Crippen molar-refractivity contribution in [3.05, 3.63) is 374 Å². The van der Waals surface area contributed by atoms with Gasteiger partial charge in [-0.15, -0.1) is 0 Å². The number of hydrogen-bond acceptors (Lipinski definition) is 4. The van der Waals surface area contributed by atoms with Gasteiger partial charge in [0.1, 0.15) is 23.0 Å². The van der Waals surface area contributed by atoms with Crippen LogP contribution >= 0.6 is 0 Å². The van der Waals surface area contributed by atoms with Crippen LogP contribution in [0.15, 0.2) is 352 Å². The number of hydrogen-bond donors (Lipinski definition) is 0. The predicted molar refractivity (Wildman–Crippen MR) is 434 cm³/mol. The van der Waals surface area contributed by atoms with Crippen LogP contribution in [0.25, 0.3) is 99.5 Å². The normalized spacial score (nSPS) is 13.5. The van der Waals surface area contributed by atoms with E-state index in [1.165, 1.54) is 110 Å². The van der Waals surface area contributed by atoms with Gasteiger partial charge in [0, 0.05) is 78.8 Å². The molecule has 6 nitrogen and oxygen atoms in total. The maximum atomic E-state index is 7.87. The fraction of sp³-hybridized carbons (Fsp3) is 0.0103. The highest BCUT2D eigenvalue weighted by Crippen LogP contribution is 2.64. The zero-order valence-corrected chi connectivity index (χ0v) is 56.7. The van der Waals surface area contributed by atoms with Crippen molar-refractivity contribution in [3.63, 3.8) is 0 Å². The fourth-order valence-electron chi connectivity index (χ4n) is 19.6. The Labute approximate surface area is 606 Å². The number of rotatable bonds is 8. The van der Waals surface area contributed by atoms with E-state index in [0.29, 0.717) is 0 Å². The number of aromatic nitrogens is 2. The predicted octanol–water partition coefficient (Wildman–Crippen LogP) is 20.4. The van der Waals surface area contributed by atoms with Crippen LogP contribution in [-0.2, 0) is 5.41 Å². The molecule has 2 aromatic heterocycles. The molecule has 105 heavy (non-hydrogen) atoms. The zero-order chi connectivity index (χ0) is 68.3. The van der Waals surface area contributed by atoms with E-state index in [9.17, 15) is 0 Å². The zero-order valence-electron chi connectivity index (χ0n) is 56.7. The van der Waals surface area contributed by atoms with Gasteiger partial charge in [0.15, 0.2) is 0 Å². The van der Waals surface area contributed by atoms with Gasteiger partial charge in [-0.1, -0.05) is 243 Å². The summed E-state index contributed by atoms with van der Waals surface area (Å²) in [6.07, 6.45) is 0. The van der Waals surface area contributed by atoms with Crippen LogP contribution < -0.4 is 52.1 Å². The Balaban J connectivity index is 0.744.